The van der Waals surface area contributed by atoms with Gasteiger partial charge in [0.15, 0.2) is 5.69 Å². The second-order valence-electron chi connectivity index (χ2n) is 7.43. The maximum absolute atomic E-state index is 13.3. The maximum atomic E-state index is 13.3. The zero-order chi connectivity index (χ0) is 22.9. The molecule has 1 aliphatic rings. The third-order valence-corrected chi connectivity index (χ3v) is 5.51. The summed E-state index contributed by atoms with van der Waals surface area (Å²) in [5.74, 6) is -0.581. The number of allylic oxidation sites excluding steroid dienone is 1. The number of alkyl halides is 3. The molecule has 0 spiro atoms. The van der Waals surface area contributed by atoms with Crippen LogP contribution >= 0.6 is 11.6 Å². The van der Waals surface area contributed by atoms with E-state index >= 15 is 0 Å². The average molecular weight is 461 g/mol. The molecule has 0 saturated carbocycles. The van der Waals surface area contributed by atoms with Crippen LogP contribution in [0, 0.1) is 0 Å². The summed E-state index contributed by atoms with van der Waals surface area (Å²) in [6, 6.07) is 12.2. The van der Waals surface area contributed by atoms with E-state index in [2.05, 4.69) is 5.10 Å². The van der Waals surface area contributed by atoms with E-state index in [1.165, 1.54) is 10.7 Å². The highest BCUT2D eigenvalue weighted by molar-refractivity contribution is 6.30. The lowest BCUT2D eigenvalue weighted by molar-refractivity contribution is -0.137. The third-order valence-electron chi connectivity index (χ3n) is 5.26. The molecular formula is C24H20ClF3N2O2. The smallest absolute Gasteiger partial charge is 0.416 e. The molecular weight excluding hydrogens is 441 g/mol. The Morgan fingerprint density at radius 2 is 1.94 bits per heavy atom. The summed E-state index contributed by atoms with van der Waals surface area (Å²) in [5, 5.41) is 5.03. The number of fused-ring (bicyclic) bond motifs is 1. The summed E-state index contributed by atoms with van der Waals surface area (Å²) in [4.78, 5) is 12.6. The van der Waals surface area contributed by atoms with Crippen LogP contribution in [0.4, 0.5) is 13.2 Å². The number of carbonyl (C=O) groups is 1. The molecule has 4 nitrogen and oxygen atoms in total. The number of hydrogen-bond donors (Lipinski definition) is 0. The van der Waals surface area contributed by atoms with Gasteiger partial charge in [0.2, 0.25) is 0 Å². The van der Waals surface area contributed by atoms with E-state index in [-0.39, 0.29) is 18.0 Å². The number of halogens is 4. The van der Waals surface area contributed by atoms with Gasteiger partial charge >= 0.3 is 12.1 Å². The van der Waals surface area contributed by atoms with Crippen molar-refractivity contribution in [2.24, 2.45) is 0 Å². The first-order valence-corrected chi connectivity index (χ1v) is 10.6. The number of hydrogen-bond acceptors (Lipinski definition) is 3. The van der Waals surface area contributed by atoms with Crippen LogP contribution in [0.5, 0.6) is 0 Å². The van der Waals surface area contributed by atoms with Gasteiger partial charge in [-0.3, -0.25) is 0 Å². The van der Waals surface area contributed by atoms with Crippen LogP contribution < -0.4 is 0 Å². The minimum absolute atomic E-state index is 0.140. The molecule has 1 heterocycles. The van der Waals surface area contributed by atoms with Gasteiger partial charge in [0.1, 0.15) is 0 Å². The lowest BCUT2D eigenvalue weighted by atomic mass is 9.89. The van der Waals surface area contributed by atoms with E-state index in [1.54, 1.807) is 25.1 Å². The topological polar surface area (TPSA) is 44.1 Å². The predicted molar refractivity (Wildman–Crippen MR) is 117 cm³/mol. The quantitative estimate of drug-likeness (QED) is 0.412. The SMILES string of the molecule is CCOC(=O)c1nn(-c2cccc(C(F)(F)F)c2)c2c1CCC/C2=C\c1ccc(Cl)cc1. The Balaban J connectivity index is 1.91. The van der Waals surface area contributed by atoms with Gasteiger partial charge in [-0.1, -0.05) is 29.8 Å². The van der Waals surface area contributed by atoms with Crippen molar-refractivity contribution < 1.29 is 22.7 Å². The maximum Gasteiger partial charge on any atom is 0.416 e. The van der Waals surface area contributed by atoms with E-state index < -0.39 is 17.7 Å². The molecule has 0 fully saturated rings. The number of ether oxygens (including phenoxy) is 1. The molecule has 0 bridgehead atoms. The Morgan fingerprint density at radius 3 is 2.62 bits per heavy atom. The van der Waals surface area contributed by atoms with Crippen molar-refractivity contribution in [2.45, 2.75) is 32.4 Å². The Bertz CT molecular complexity index is 1180. The summed E-state index contributed by atoms with van der Waals surface area (Å²) in [5.41, 5.74) is 2.69. The molecule has 0 N–H and O–H groups in total. The number of carbonyl (C=O) groups excluding carboxylic acids is 1. The largest absolute Gasteiger partial charge is 0.461 e. The van der Waals surface area contributed by atoms with E-state index in [0.717, 1.165) is 29.7 Å². The van der Waals surface area contributed by atoms with Crippen LogP contribution in [0.15, 0.2) is 48.5 Å². The lowest BCUT2D eigenvalue weighted by Crippen LogP contribution is -2.10. The van der Waals surface area contributed by atoms with E-state index in [1.807, 2.05) is 18.2 Å². The third kappa shape index (κ3) is 4.43. The van der Waals surface area contributed by atoms with Crippen molar-refractivity contribution in [1.29, 1.82) is 0 Å². The molecule has 0 atom stereocenters. The molecule has 166 valence electrons. The molecule has 0 saturated heterocycles. The molecule has 1 aromatic heterocycles. The summed E-state index contributed by atoms with van der Waals surface area (Å²) in [6.07, 6.45) is -0.472. The van der Waals surface area contributed by atoms with Crippen molar-refractivity contribution >= 4 is 29.2 Å². The van der Waals surface area contributed by atoms with Gasteiger partial charge in [0, 0.05) is 10.6 Å². The second kappa shape index (κ2) is 8.82. The van der Waals surface area contributed by atoms with Crippen molar-refractivity contribution in [2.75, 3.05) is 6.61 Å². The second-order valence-corrected chi connectivity index (χ2v) is 7.87. The fourth-order valence-electron chi connectivity index (χ4n) is 3.86. The normalized spacial score (nSPS) is 15.0. The Morgan fingerprint density at radius 1 is 1.19 bits per heavy atom. The van der Waals surface area contributed by atoms with E-state index in [4.69, 9.17) is 16.3 Å². The Hall–Kier alpha value is -3.06. The van der Waals surface area contributed by atoms with E-state index in [0.29, 0.717) is 29.1 Å². The summed E-state index contributed by atoms with van der Waals surface area (Å²) >= 11 is 5.98. The standard InChI is InChI=1S/C24H20ClF3N2O2/c1-2-32-23(31)21-20-8-3-5-16(13-15-9-11-18(25)12-10-15)22(20)30(29-21)19-7-4-6-17(14-19)24(26,27)28/h4,6-7,9-14H,2-3,5,8H2,1H3/b16-13+. The van der Waals surface area contributed by atoms with Crippen LogP contribution in [0.2, 0.25) is 5.02 Å². The van der Waals surface area contributed by atoms with Crippen LogP contribution in [0.1, 0.15) is 52.6 Å². The van der Waals surface area contributed by atoms with Crippen LogP contribution in [0.3, 0.4) is 0 Å². The molecule has 0 radical (unpaired) electrons. The van der Waals surface area contributed by atoms with Gasteiger partial charge in [0.25, 0.3) is 0 Å². The minimum atomic E-state index is -4.49. The number of aromatic nitrogens is 2. The molecule has 4 rings (SSSR count). The number of rotatable bonds is 4. The van der Waals surface area contributed by atoms with Crippen LogP contribution in [0.25, 0.3) is 17.3 Å². The molecule has 8 heteroatoms. The van der Waals surface area contributed by atoms with E-state index in [9.17, 15) is 18.0 Å². The molecule has 0 aliphatic heterocycles. The number of nitrogens with zero attached hydrogens (tertiary/aromatic N) is 2. The highest BCUT2D eigenvalue weighted by Crippen LogP contribution is 2.37. The molecule has 0 amide bonds. The highest BCUT2D eigenvalue weighted by atomic mass is 35.5. The van der Waals surface area contributed by atoms with Crippen molar-refractivity contribution in [3.05, 3.63) is 81.6 Å². The van der Waals surface area contributed by atoms with Crippen molar-refractivity contribution in [3.63, 3.8) is 0 Å². The fraction of sp³-hybridized carbons (Fsp3) is 0.250. The molecule has 0 unspecified atom stereocenters. The molecule has 3 aromatic rings. The lowest BCUT2D eigenvalue weighted by Gasteiger charge is -2.19. The highest BCUT2D eigenvalue weighted by Gasteiger charge is 2.32. The first-order chi connectivity index (χ1) is 15.3. The Labute approximate surface area is 188 Å². The monoisotopic (exact) mass is 460 g/mol. The fourth-order valence-corrected chi connectivity index (χ4v) is 3.98. The average Bonchev–Trinajstić information content (AvgIpc) is 3.16. The van der Waals surface area contributed by atoms with Gasteiger partial charge in [-0.15, -0.1) is 0 Å². The molecule has 32 heavy (non-hydrogen) atoms. The van der Waals surface area contributed by atoms with Gasteiger partial charge in [-0.05, 0) is 73.7 Å². The van der Waals surface area contributed by atoms with Gasteiger partial charge in [-0.2, -0.15) is 18.3 Å². The first-order valence-electron chi connectivity index (χ1n) is 10.2. The van der Waals surface area contributed by atoms with Crippen molar-refractivity contribution in [3.8, 4) is 5.69 Å². The minimum Gasteiger partial charge on any atom is -0.461 e. The van der Waals surface area contributed by atoms with Crippen LogP contribution in [-0.4, -0.2) is 22.4 Å². The zero-order valence-electron chi connectivity index (χ0n) is 17.2. The summed E-state index contributed by atoms with van der Waals surface area (Å²) < 4.78 is 46.6. The summed E-state index contributed by atoms with van der Waals surface area (Å²) in [6.45, 7) is 1.87. The van der Waals surface area contributed by atoms with Crippen molar-refractivity contribution in [1.82, 2.24) is 9.78 Å². The zero-order valence-corrected chi connectivity index (χ0v) is 18.0. The molecule has 2 aromatic carbocycles. The number of esters is 1. The molecule has 1 aliphatic carbocycles. The van der Waals surface area contributed by atoms with Gasteiger partial charge < -0.3 is 4.74 Å². The first kappa shape index (κ1) is 22.1. The predicted octanol–water partition coefficient (Wildman–Crippen LogP) is 6.60. The van der Waals surface area contributed by atoms with Gasteiger partial charge in [-0.25, -0.2) is 9.48 Å². The van der Waals surface area contributed by atoms with Gasteiger partial charge in [0.05, 0.1) is 23.6 Å². The number of benzene rings is 2. The van der Waals surface area contributed by atoms with Crippen LogP contribution in [-0.2, 0) is 17.3 Å². The Kier molecular flexibility index (Phi) is 6.11. The summed E-state index contributed by atoms with van der Waals surface area (Å²) in [7, 11) is 0.